The van der Waals surface area contributed by atoms with E-state index < -0.39 is 6.04 Å². The molecule has 1 unspecified atom stereocenters. The SMILES string of the molecule is CCOC(=O)c1sc2ncnc(NC(c3cccc(F)c3)c3nccn3C)c2c1C. The Balaban J connectivity index is 1.82. The number of aryl methyl sites for hydroxylation is 2. The van der Waals surface area contributed by atoms with Gasteiger partial charge in [0.2, 0.25) is 0 Å². The van der Waals surface area contributed by atoms with Crippen molar-refractivity contribution in [3.05, 3.63) is 70.6 Å². The number of nitrogens with one attached hydrogen (secondary N) is 1. The Bertz CT molecular complexity index is 1220. The fourth-order valence-corrected chi connectivity index (χ4v) is 4.39. The highest BCUT2D eigenvalue weighted by atomic mass is 32.1. The van der Waals surface area contributed by atoms with Crippen molar-refractivity contribution in [2.45, 2.75) is 19.9 Å². The lowest BCUT2D eigenvalue weighted by molar-refractivity contribution is 0.0531. The van der Waals surface area contributed by atoms with Crippen molar-refractivity contribution in [3.8, 4) is 0 Å². The molecule has 0 aliphatic carbocycles. The standard InChI is InChI=1S/C21H20FN5O2S/c1-4-29-21(28)17-12(2)15-18(24-11-25-20(15)30-17)26-16(19-23-8-9-27(19)3)13-6-5-7-14(22)10-13/h5-11,16H,4H2,1-3H3,(H,24,25,26). The molecular formula is C21H20FN5O2S. The molecule has 4 aromatic rings. The summed E-state index contributed by atoms with van der Waals surface area (Å²) in [6.45, 7) is 3.91. The third-order valence-corrected chi connectivity index (χ3v) is 5.95. The van der Waals surface area contributed by atoms with Gasteiger partial charge in [-0.25, -0.2) is 24.1 Å². The third kappa shape index (κ3) is 3.63. The lowest BCUT2D eigenvalue weighted by Gasteiger charge is -2.20. The lowest BCUT2D eigenvalue weighted by atomic mass is 10.1. The minimum absolute atomic E-state index is 0.296. The van der Waals surface area contributed by atoms with Gasteiger partial charge in [-0.15, -0.1) is 11.3 Å². The number of fused-ring (bicyclic) bond motifs is 1. The summed E-state index contributed by atoms with van der Waals surface area (Å²) < 4.78 is 21.0. The van der Waals surface area contributed by atoms with E-state index in [4.69, 9.17) is 4.74 Å². The average Bonchev–Trinajstić information content (AvgIpc) is 3.30. The highest BCUT2D eigenvalue weighted by Gasteiger charge is 2.24. The number of esters is 1. The number of carbonyl (C=O) groups excluding carboxylic acids is 1. The first kappa shape index (κ1) is 20.0. The van der Waals surface area contributed by atoms with Crippen molar-refractivity contribution >= 4 is 33.3 Å². The molecule has 9 heteroatoms. The number of hydrogen-bond donors (Lipinski definition) is 1. The number of nitrogens with zero attached hydrogens (tertiary/aromatic N) is 4. The van der Waals surface area contributed by atoms with E-state index in [-0.39, 0.29) is 11.8 Å². The Kier molecular flexibility index (Phi) is 5.45. The Morgan fingerprint density at radius 1 is 1.33 bits per heavy atom. The second-order valence-corrected chi connectivity index (χ2v) is 7.71. The number of aromatic nitrogens is 4. The van der Waals surface area contributed by atoms with Gasteiger partial charge < -0.3 is 14.6 Å². The first-order valence-corrected chi connectivity index (χ1v) is 10.2. The summed E-state index contributed by atoms with van der Waals surface area (Å²) in [4.78, 5) is 26.7. The van der Waals surface area contributed by atoms with Gasteiger partial charge >= 0.3 is 5.97 Å². The number of carbonyl (C=O) groups is 1. The molecule has 7 nitrogen and oxygen atoms in total. The third-order valence-electron chi connectivity index (χ3n) is 4.77. The molecule has 1 aromatic carbocycles. The molecule has 0 spiro atoms. The van der Waals surface area contributed by atoms with Crippen LogP contribution in [-0.4, -0.2) is 32.1 Å². The first-order chi connectivity index (χ1) is 14.5. The topological polar surface area (TPSA) is 81.9 Å². The Morgan fingerprint density at radius 3 is 2.87 bits per heavy atom. The quantitative estimate of drug-likeness (QED) is 0.465. The highest BCUT2D eigenvalue weighted by Crippen LogP contribution is 2.36. The molecule has 30 heavy (non-hydrogen) atoms. The zero-order chi connectivity index (χ0) is 21.3. The van der Waals surface area contributed by atoms with Crippen LogP contribution < -0.4 is 5.32 Å². The van der Waals surface area contributed by atoms with Crippen LogP contribution in [0.5, 0.6) is 0 Å². The Morgan fingerprint density at radius 2 is 2.17 bits per heavy atom. The molecule has 0 saturated heterocycles. The second kappa shape index (κ2) is 8.19. The molecule has 0 bridgehead atoms. The van der Waals surface area contributed by atoms with Gasteiger partial charge in [-0.1, -0.05) is 12.1 Å². The highest BCUT2D eigenvalue weighted by molar-refractivity contribution is 7.20. The Labute approximate surface area is 176 Å². The fourth-order valence-electron chi connectivity index (χ4n) is 3.35. The summed E-state index contributed by atoms with van der Waals surface area (Å²) in [6, 6.07) is 5.90. The summed E-state index contributed by atoms with van der Waals surface area (Å²) in [7, 11) is 1.88. The minimum Gasteiger partial charge on any atom is -0.462 e. The van der Waals surface area contributed by atoms with Crippen LogP contribution in [0.1, 0.15) is 39.6 Å². The predicted octanol–water partition coefficient (Wildman–Crippen LogP) is 4.25. The van der Waals surface area contributed by atoms with Crippen LogP contribution in [0.25, 0.3) is 10.2 Å². The number of anilines is 1. The molecule has 0 radical (unpaired) electrons. The zero-order valence-corrected chi connectivity index (χ0v) is 17.5. The Hall–Kier alpha value is -3.33. The van der Waals surface area contributed by atoms with E-state index in [1.807, 2.05) is 30.8 Å². The van der Waals surface area contributed by atoms with Gasteiger partial charge in [0, 0.05) is 19.4 Å². The van der Waals surface area contributed by atoms with Crippen molar-refractivity contribution in [2.24, 2.45) is 7.05 Å². The van der Waals surface area contributed by atoms with Gasteiger partial charge in [0.1, 0.15) is 39.5 Å². The van der Waals surface area contributed by atoms with E-state index >= 15 is 0 Å². The van der Waals surface area contributed by atoms with Crippen LogP contribution >= 0.6 is 11.3 Å². The molecule has 4 rings (SSSR count). The van der Waals surface area contributed by atoms with Crippen molar-refractivity contribution in [1.82, 2.24) is 19.5 Å². The monoisotopic (exact) mass is 425 g/mol. The molecule has 3 aromatic heterocycles. The van der Waals surface area contributed by atoms with Gasteiger partial charge in [-0.2, -0.15) is 0 Å². The summed E-state index contributed by atoms with van der Waals surface area (Å²) in [5.74, 6) is 0.528. The number of ether oxygens (including phenoxy) is 1. The maximum Gasteiger partial charge on any atom is 0.348 e. The largest absolute Gasteiger partial charge is 0.462 e. The van der Waals surface area contributed by atoms with Gasteiger partial charge in [-0.05, 0) is 37.1 Å². The summed E-state index contributed by atoms with van der Waals surface area (Å²) in [5, 5.41) is 4.12. The number of rotatable bonds is 6. The molecule has 1 atom stereocenters. The summed E-state index contributed by atoms with van der Waals surface area (Å²) in [6.07, 6.45) is 4.96. The van der Waals surface area contributed by atoms with E-state index in [0.717, 1.165) is 10.9 Å². The number of halogens is 1. The van der Waals surface area contributed by atoms with Gasteiger partial charge in [0.05, 0.1) is 12.0 Å². The van der Waals surface area contributed by atoms with E-state index in [9.17, 15) is 9.18 Å². The molecular weight excluding hydrogens is 405 g/mol. The van der Waals surface area contributed by atoms with Crippen molar-refractivity contribution in [1.29, 1.82) is 0 Å². The molecule has 3 heterocycles. The van der Waals surface area contributed by atoms with Gasteiger partial charge in [-0.3, -0.25) is 0 Å². The summed E-state index contributed by atoms with van der Waals surface area (Å²) >= 11 is 1.27. The molecule has 1 N–H and O–H groups in total. The van der Waals surface area contributed by atoms with Crippen LogP contribution in [0.15, 0.2) is 43.0 Å². The van der Waals surface area contributed by atoms with Gasteiger partial charge in [0.15, 0.2) is 0 Å². The molecule has 0 aliphatic heterocycles. The zero-order valence-electron chi connectivity index (χ0n) is 16.7. The number of benzene rings is 1. The minimum atomic E-state index is -0.454. The summed E-state index contributed by atoms with van der Waals surface area (Å²) in [5.41, 5.74) is 1.45. The van der Waals surface area contributed by atoms with E-state index in [2.05, 4.69) is 20.3 Å². The van der Waals surface area contributed by atoms with E-state index in [0.29, 0.717) is 33.5 Å². The number of hydrogen-bond acceptors (Lipinski definition) is 7. The predicted molar refractivity (Wildman–Crippen MR) is 113 cm³/mol. The van der Waals surface area contributed by atoms with Crippen LogP contribution in [0, 0.1) is 12.7 Å². The first-order valence-electron chi connectivity index (χ1n) is 9.40. The van der Waals surface area contributed by atoms with E-state index in [1.54, 1.807) is 19.2 Å². The second-order valence-electron chi connectivity index (χ2n) is 6.71. The average molecular weight is 425 g/mol. The van der Waals surface area contributed by atoms with Crippen LogP contribution in [0.2, 0.25) is 0 Å². The molecule has 0 fully saturated rings. The van der Waals surface area contributed by atoms with Crippen molar-refractivity contribution in [2.75, 3.05) is 11.9 Å². The maximum atomic E-state index is 14.0. The van der Waals surface area contributed by atoms with Crippen LogP contribution in [-0.2, 0) is 11.8 Å². The molecule has 154 valence electrons. The van der Waals surface area contributed by atoms with Crippen molar-refractivity contribution < 1.29 is 13.9 Å². The molecule has 0 saturated carbocycles. The smallest absolute Gasteiger partial charge is 0.348 e. The normalized spacial score (nSPS) is 12.1. The van der Waals surface area contributed by atoms with Crippen molar-refractivity contribution in [3.63, 3.8) is 0 Å². The number of thiophene rings is 1. The molecule has 0 aliphatic rings. The fraction of sp³-hybridized carbons (Fsp3) is 0.238. The van der Waals surface area contributed by atoms with Crippen LogP contribution in [0.3, 0.4) is 0 Å². The van der Waals surface area contributed by atoms with E-state index in [1.165, 1.54) is 29.8 Å². The molecule has 0 amide bonds. The number of imidazole rings is 1. The van der Waals surface area contributed by atoms with Crippen LogP contribution in [0.4, 0.5) is 10.2 Å². The van der Waals surface area contributed by atoms with Gasteiger partial charge in [0.25, 0.3) is 0 Å². The maximum absolute atomic E-state index is 14.0. The lowest BCUT2D eigenvalue weighted by Crippen LogP contribution is -2.18.